The molecule has 0 unspecified atom stereocenters. The summed E-state index contributed by atoms with van der Waals surface area (Å²) in [6.45, 7) is 18.3. The van der Waals surface area contributed by atoms with Gasteiger partial charge >= 0.3 is 0 Å². The molecule has 2 heterocycles. The molecule has 5 rings (SSSR count). The summed E-state index contributed by atoms with van der Waals surface area (Å²) >= 11 is 0. The Kier molecular flexibility index (Phi) is 5.75. The normalized spacial score (nSPS) is 13.0. The van der Waals surface area contributed by atoms with Gasteiger partial charge in [0.25, 0.3) is 0 Å². The van der Waals surface area contributed by atoms with Crippen molar-refractivity contribution in [3.8, 4) is 11.6 Å². The number of fused-ring (bicyclic) bond motifs is 3. The van der Waals surface area contributed by atoms with E-state index in [0.717, 1.165) is 27.6 Å². The summed E-state index contributed by atoms with van der Waals surface area (Å²) in [6.07, 6.45) is 1.91. The summed E-state index contributed by atoms with van der Waals surface area (Å²) in [5.74, 6) is 1.10. The zero-order valence-electron chi connectivity index (χ0n) is 23.3. The monoisotopic (exact) mass is 490 g/mol. The van der Waals surface area contributed by atoms with Crippen LogP contribution in [0.5, 0.6) is 5.75 Å². The van der Waals surface area contributed by atoms with Crippen molar-refractivity contribution in [1.82, 2.24) is 9.55 Å². The van der Waals surface area contributed by atoms with Crippen LogP contribution >= 0.6 is 0 Å². The van der Waals surface area contributed by atoms with Crippen LogP contribution < -0.4 is 0 Å². The van der Waals surface area contributed by atoms with Gasteiger partial charge in [0.1, 0.15) is 11.6 Å². The molecule has 5 aromatic rings. The second kappa shape index (κ2) is 8.48. The first-order valence-electron chi connectivity index (χ1n) is 13.1. The SMILES string of the molecule is CC(C)(C)c1cc(C(C)(C)C)cc(C(C)(C)c2ccnc(-n3c4ccccc4c4ccc(O)cc43)c2)c1. The van der Waals surface area contributed by atoms with Crippen LogP contribution in [0.15, 0.2) is 79.0 Å². The van der Waals surface area contributed by atoms with Crippen molar-refractivity contribution in [2.24, 2.45) is 0 Å². The molecule has 3 heteroatoms. The molecular formula is C34H38N2O. The number of aromatic nitrogens is 2. The lowest BCUT2D eigenvalue weighted by Gasteiger charge is -2.32. The number of pyridine rings is 1. The minimum Gasteiger partial charge on any atom is -0.508 e. The van der Waals surface area contributed by atoms with Gasteiger partial charge in [-0.05, 0) is 63.4 Å². The van der Waals surface area contributed by atoms with Crippen molar-refractivity contribution in [1.29, 1.82) is 0 Å². The zero-order chi connectivity index (χ0) is 26.8. The van der Waals surface area contributed by atoms with Gasteiger partial charge in [0.15, 0.2) is 0 Å². The van der Waals surface area contributed by atoms with Gasteiger partial charge in [-0.1, -0.05) is 91.8 Å². The fraction of sp³-hybridized carbons (Fsp3) is 0.324. The van der Waals surface area contributed by atoms with E-state index in [1.54, 1.807) is 6.07 Å². The van der Waals surface area contributed by atoms with Gasteiger partial charge in [0, 0.05) is 28.5 Å². The summed E-state index contributed by atoms with van der Waals surface area (Å²) in [6, 6.07) is 25.4. The van der Waals surface area contributed by atoms with E-state index in [0.29, 0.717) is 0 Å². The minimum absolute atomic E-state index is 0.0560. The number of hydrogen-bond acceptors (Lipinski definition) is 2. The highest BCUT2D eigenvalue weighted by atomic mass is 16.3. The Morgan fingerprint density at radius 1 is 0.595 bits per heavy atom. The minimum atomic E-state index is -0.236. The first-order valence-corrected chi connectivity index (χ1v) is 13.1. The molecule has 0 atom stereocenters. The highest BCUT2D eigenvalue weighted by Crippen LogP contribution is 2.39. The Morgan fingerprint density at radius 3 is 1.84 bits per heavy atom. The van der Waals surface area contributed by atoms with E-state index < -0.39 is 0 Å². The van der Waals surface area contributed by atoms with E-state index in [9.17, 15) is 5.11 Å². The van der Waals surface area contributed by atoms with Crippen LogP contribution in [0.3, 0.4) is 0 Å². The van der Waals surface area contributed by atoms with Crippen LogP contribution in [-0.2, 0) is 16.2 Å². The third-order valence-electron chi connectivity index (χ3n) is 7.74. The molecule has 1 N–H and O–H groups in total. The smallest absolute Gasteiger partial charge is 0.137 e. The van der Waals surface area contributed by atoms with Gasteiger partial charge in [-0.15, -0.1) is 0 Å². The molecule has 0 fully saturated rings. The number of nitrogens with zero attached hydrogens (tertiary/aromatic N) is 2. The van der Waals surface area contributed by atoms with E-state index in [-0.39, 0.29) is 22.0 Å². The van der Waals surface area contributed by atoms with Gasteiger partial charge in [0.05, 0.1) is 11.0 Å². The van der Waals surface area contributed by atoms with Crippen molar-refractivity contribution in [3.63, 3.8) is 0 Å². The molecule has 0 bridgehead atoms. The number of phenols is 1. The van der Waals surface area contributed by atoms with Crippen molar-refractivity contribution in [3.05, 3.63) is 101 Å². The van der Waals surface area contributed by atoms with Crippen LogP contribution in [0, 0.1) is 0 Å². The zero-order valence-corrected chi connectivity index (χ0v) is 23.3. The van der Waals surface area contributed by atoms with E-state index in [1.807, 2.05) is 18.3 Å². The molecule has 3 aromatic carbocycles. The Balaban J connectivity index is 1.71. The third kappa shape index (κ3) is 4.41. The van der Waals surface area contributed by atoms with Gasteiger partial charge < -0.3 is 5.11 Å². The molecular weight excluding hydrogens is 452 g/mol. The van der Waals surface area contributed by atoms with Crippen LogP contribution in [0.4, 0.5) is 0 Å². The number of aromatic hydroxyl groups is 1. The largest absolute Gasteiger partial charge is 0.508 e. The maximum absolute atomic E-state index is 10.3. The van der Waals surface area contributed by atoms with Gasteiger partial charge in [0.2, 0.25) is 0 Å². The van der Waals surface area contributed by atoms with E-state index in [2.05, 4.69) is 115 Å². The Morgan fingerprint density at radius 2 is 1.19 bits per heavy atom. The second-order valence-electron chi connectivity index (χ2n) is 12.9. The van der Waals surface area contributed by atoms with Crippen molar-refractivity contribution < 1.29 is 5.11 Å². The molecule has 0 aliphatic carbocycles. The maximum atomic E-state index is 10.3. The predicted octanol–water partition coefficient (Wildman–Crippen LogP) is 8.81. The molecule has 0 saturated carbocycles. The summed E-state index contributed by atoms with van der Waals surface area (Å²) < 4.78 is 2.16. The second-order valence-corrected chi connectivity index (χ2v) is 12.9. The standard InChI is InChI=1S/C34H38N2O/c1-32(2,3)23-17-24(33(4,5)6)19-25(18-23)34(7,8)22-15-16-35-31(20-22)36-29-12-10-9-11-27(29)28-14-13-26(37)21-30(28)36/h9-21,37H,1-8H3. The van der Waals surface area contributed by atoms with Crippen LogP contribution in [0.25, 0.3) is 27.6 Å². The third-order valence-corrected chi connectivity index (χ3v) is 7.74. The lowest BCUT2D eigenvalue weighted by atomic mass is 9.72. The predicted molar refractivity (Wildman–Crippen MR) is 156 cm³/mol. The lowest BCUT2D eigenvalue weighted by Crippen LogP contribution is -2.24. The van der Waals surface area contributed by atoms with E-state index >= 15 is 0 Å². The Hall–Kier alpha value is -3.59. The fourth-order valence-corrected chi connectivity index (χ4v) is 5.16. The van der Waals surface area contributed by atoms with Gasteiger partial charge in [-0.3, -0.25) is 4.57 Å². The first kappa shape index (κ1) is 25.1. The van der Waals surface area contributed by atoms with E-state index in [1.165, 1.54) is 22.3 Å². The lowest BCUT2D eigenvalue weighted by molar-refractivity contribution is 0.476. The number of phenolic OH excluding ortho intramolecular Hbond substituents is 1. The maximum Gasteiger partial charge on any atom is 0.137 e. The Labute approximate surface area is 220 Å². The molecule has 0 aliphatic heterocycles. The highest BCUT2D eigenvalue weighted by Gasteiger charge is 2.29. The number of rotatable bonds is 3. The molecule has 0 amide bonds. The number of para-hydroxylation sites is 1. The molecule has 3 nitrogen and oxygen atoms in total. The van der Waals surface area contributed by atoms with Crippen LogP contribution in [-0.4, -0.2) is 14.7 Å². The average molecular weight is 491 g/mol. The Bertz CT molecular complexity index is 1590. The first-order chi connectivity index (χ1) is 17.3. The summed E-state index contributed by atoms with van der Waals surface area (Å²) in [5, 5.41) is 12.6. The van der Waals surface area contributed by atoms with E-state index in [4.69, 9.17) is 4.98 Å². The highest BCUT2D eigenvalue weighted by molar-refractivity contribution is 6.09. The summed E-state index contributed by atoms with van der Waals surface area (Å²) in [5.41, 5.74) is 7.13. The molecule has 37 heavy (non-hydrogen) atoms. The topological polar surface area (TPSA) is 38.0 Å². The summed E-state index contributed by atoms with van der Waals surface area (Å²) in [7, 11) is 0. The average Bonchev–Trinajstić information content (AvgIpc) is 3.16. The van der Waals surface area contributed by atoms with Gasteiger partial charge in [-0.2, -0.15) is 0 Å². The van der Waals surface area contributed by atoms with Crippen LogP contribution in [0.2, 0.25) is 0 Å². The summed E-state index contributed by atoms with van der Waals surface area (Å²) in [4.78, 5) is 4.81. The molecule has 0 saturated heterocycles. The number of benzene rings is 3. The molecule has 190 valence electrons. The quantitative estimate of drug-likeness (QED) is 0.274. The van der Waals surface area contributed by atoms with Crippen molar-refractivity contribution in [2.75, 3.05) is 0 Å². The molecule has 0 aliphatic rings. The molecule has 2 aromatic heterocycles. The fourth-order valence-electron chi connectivity index (χ4n) is 5.16. The van der Waals surface area contributed by atoms with Crippen LogP contribution in [0.1, 0.15) is 77.6 Å². The molecule has 0 spiro atoms. The van der Waals surface area contributed by atoms with Gasteiger partial charge in [-0.25, -0.2) is 4.98 Å². The molecule has 0 radical (unpaired) electrons. The van der Waals surface area contributed by atoms with Crippen molar-refractivity contribution in [2.45, 2.75) is 71.6 Å². The van der Waals surface area contributed by atoms with Crippen molar-refractivity contribution >= 4 is 21.8 Å². The number of hydrogen-bond donors (Lipinski definition) is 1.